The summed E-state index contributed by atoms with van der Waals surface area (Å²) in [5.74, 6) is -0.613. The van der Waals surface area contributed by atoms with E-state index in [0.29, 0.717) is 28.9 Å². The van der Waals surface area contributed by atoms with Gasteiger partial charge in [-0.2, -0.15) is 0 Å². The van der Waals surface area contributed by atoms with Gasteiger partial charge in [-0.25, -0.2) is 9.97 Å². The van der Waals surface area contributed by atoms with Gasteiger partial charge >= 0.3 is 0 Å². The molecular formula is C51H61N11O6. The smallest absolute Gasteiger partial charge is 0.270 e. The number of fused-ring (bicyclic) bond motifs is 4. The number of amides is 5. The van der Waals surface area contributed by atoms with Gasteiger partial charge < -0.3 is 34.2 Å². The van der Waals surface area contributed by atoms with Gasteiger partial charge in [0, 0.05) is 94.8 Å². The first-order valence-electron chi connectivity index (χ1n) is 24.5. The monoisotopic (exact) mass is 923 g/mol. The fourth-order valence-corrected chi connectivity index (χ4v) is 12.2. The molecule has 11 rings (SSSR count). The van der Waals surface area contributed by atoms with Crippen LogP contribution in [0.2, 0.25) is 0 Å². The number of nitrogens with zero attached hydrogens (tertiary/aromatic N) is 9. The Kier molecular flexibility index (Phi) is 11.2. The van der Waals surface area contributed by atoms with E-state index in [-0.39, 0.29) is 42.2 Å². The van der Waals surface area contributed by atoms with Gasteiger partial charge in [-0.1, -0.05) is 13.8 Å². The Morgan fingerprint density at radius 2 is 1.50 bits per heavy atom. The Labute approximate surface area is 396 Å². The molecule has 7 aliphatic rings. The molecule has 4 fully saturated rings. The van der Waals surface area contributed by atoms with Gasteiger partial charge in [-0.05, 0) is 105 Å². The molecular weight excluding hydrogens is 863 g/mol. The average molecular weight is 924 g/mol. The number of ether oxygens (including phenoxy) is 1. The minimum Gasteiger partial charge on any atom is -0.480 e. The minimum atomic E-state index is -0.976. The maximum atomic E-state index is 13.9. The van der Waals surface area contributed by atoms with Gasteiger partial charge in [0.05, 0.1) is 42.0 Å². The number of pyridine rings is 2. The summed E-state index contributed by atoms with van der Waals surface area (Å²) in [6.45, 7) is 14.5. The summed E-state index contributed by atoms with van der Waals surface area (Å²) in [6, 6.07) is 13.6. The van der Waals surface area contributed by atoms with Crippen LogP contribution in [-0.4, -0.2) is 142 Å². The van der Waals surface area contributed by atoms with E-state index < -0.39 is 23.8 Å². The number of nitrogens with one attached hydrogen (secondary N) is 2. The summed E-state index contributed by atoms with van der Waals surface area (Å²) < 4.78 is 7.99. The molecule has 17 nitrogen and oxygen atoms in total. The molecule has 0 bridgehead atoms. The summed E-state index contributed by atoms with van der Waals surface area (Å²) in [7, 11) is 1.63. The van der Waals surface area contributed by atoms with Crippen molar-refractivity contribution in [2.45, 2.75) is 103 Å². The topological polar surface area (TPSA) is 169 Å². The van der Waals surface area contributed by atoms with Crippen LogP contribution in [0, 0.1) is 5.41 Å². The third kappa shape index (κ3) is 7.91. The van der Waals surface area contributed by atoms with Crippen LogP contribution in [0.3, 0.4) is 0 Å². The molecule has 0 spiro atoms. The van der Waals surface area contributed by atoms with Crippen molar-refractivity contribution in [3.05, 3.63) is 82.9 Å². The lowest BCUT2D eigenvalue weighted by atomic mass is 9.90. The van der Waals surface area contributed by atoms with E-state index in [4.69, 9.17) is 14.7 Å². The van der Waals surface area contributed by atoms with Gasteiger partial charge in [0.25, 0.3) is 17.7 Å². The molecule has 9 heterocycles. The largest absolute Gasteiger partial charge is 0.480 e. The summed E-state index contributed by atoms with van der Waals surface area (Å²) in [6.07, 6.45) is 10.0. The minimum absolute atomic E-state index is 0.0917. The fourth-order valence-electron chi connectivity index (χ4n) is 12.2. The lowest BCUT2D eigenvalue weighted by Crippen LogP contribution is -2.57. The number of rotatable bonds is 9. The highest BCUT2D eigenvalue weighted by Crippen LogP contribution is 2.40. The Bertz CT molecular complexity index is 2690. The predicted molar refractivity (Wildman–Crippen MR) is 257 cm³/mol. The third-order valence-corrected chi connectivity index (χ3v) is 15.7. The number of benzene rings is 1. The number of aromatic nitrogens is 3. The van der Waals surface area contributed by atoms with E-state index in [2.05, 4.69) is 78.7 Å². The Balaban J connectivity index is 0.682. The SMILES string of the molecule is COc1ncc(N2CCC[C@@H](N3CCn4c(cc5c4CC(C)(C)C5)C3=O)C2)cc1Nc1ccc(N2CCN(C3CCN(c4ccc5c(c4)C(=O)N(C4CCC(=O)NC4=O)C5=O)CC3)C[C@@H]2C)cn1. The number of hydrogen-bond donors (Lipinski definition) is 2. The highest BCUT2D eigenvalue weighted by Gasteiger charge is 2.45. The second-order valence-corrected chi connectivity index (χ2v) is 20.6. The zero-order valence-corrected chi connectivity index (χ0v) is 39.5. The molecule has 4 aromatic rings. The van der Waals surface area contributed by atoms with Gasteiger partial charge in [-0.3, -0.25) is 39.1 Å². The highest BCUT2D eigenvalue weighted by atomic mass is 16.5. The van der Waals surface area contributed by atoms with Crippen LogP contribution in [-0.2, 0) is 29.0 Å². The number of piperidine rings is 3. The fraction of sp³-hybridized carbons (Fsp3) is 0.510. The summed E-state index contributed by atoms with van der Waals surface area (Å²) in [5.41, 5.74) is 8.12. The van der Waals surface area contributed by atoms with Crippen molar-refractivity contribution in [1.82, 2.24) is 34.6 Å². The van der Waals surface area contributed by atoms with Crippen LogP contribution in [0.5, 0.6) is 5.88 Å². The zero-order chi connectivity index (χ0) is 47.0. The summed E-state index contributed by atoms with van der Waals surface area (Å²) in [4.78, 5) is 87.2. The number of imide groups is 2. The van der Waals surface area contributed by atoms with Gasteiger partial charge in [0.1, 0.15) is 23.2 Å². The van der Waals surface area contributed by atoms with Gasteiger partial charge in [0.15, 0.2) is 0 Å². The number of piperazine rings is 1. The molecule has 6 aliphatic heterocycles. The van der Waals surface area contributed by atoms with Crippen molar-refractivity contribution in [3.8, 4) is 5.88 Å². The number of carbonyl (C=O) groups excluding carboxylic acids is 5. The van der Waals surface area contributed by atoms with E-state index in [1.165, 1.54) is 11.3 Å². The van der Waals surface area contributed by atoms with Crippen LogP contribution in [0.1, 0.15) is 102 Å². The maximum Gasteiger partial charge on any atom is 0.270 e. The quantitative estimate of drug-likeness (QED) is 0.219. The van der Waals surface area contributed by atoms with Crippen LogP contribution in [0.25, 0.3) is 0 Å². The van der Waals surface area contributed by atoms with Crippen molar-refractivity contribution in [2.75, 3.05) is 79.5 Å². The lowest BCUT2D eigenvalue weighted by Gasteiger charge is -2.46. The normalized spacial score (nSPS) is 24.3. The molecule has 1 aliphatic carbocycles. The first kappa shape index (κ1) is 44.0. The molecule has 3 atom stereocenters. The first-order valence-corrected chi connectivity index (χ1v) is 24.5. The third-order valence-electron chi connectivity index (χ3n) is 15.7. The predicted octanol–water partition coefficient (Wildman–Crippen LogP) is 4.86. The number of carbonyl (C=O) groups is 5. The van der Waals surface area contributed by atoms with Crippen molar-refractivity contribution in [2.24, 2.45) is 5.41 Å². The van der Waals surface area contributed by atoms with Crippen molar-refractivity contribution >= 4 is 58.1 Å². The van der Waals surface area contributed by atoms with Crippen LogP contribution in [0.4, 0.5) is 28.6 Å². The molecule has 17 heteroatoms. The summed E-state index contributed by atoms with van der Waals surface area (Å²) >= 11 is 0. The van der Waals surface area contributed by atoms with E-state index in [1.807, 2.05) is 24.5 Å². The molecule has 1 unspecified atom stereocenters. The molecule has 4 saturated heterocycles. The van der Waals surface area contributed by atoms with Crippen molar-refractivity contribution in [1.29, 1.82) is 0 Å². The number of hydrogen-bond acceptors (Lipinski definition) is 13. The van der Waals surface area contributed by atoms with Gasteiger partial charge in [-0.15, -0.1) is 0 Å². The molecule has 5 amide bonds. The van der Waals surface area contributed by atoms with Gasteiger partial charge in [0.2, 0.25) is 17.7 Å². The second kappa shape index (κ2) is 17.2. The van der Waals surface area contributed by atoms with E-state index >= 15 is 0 Å². The molecule has 0 radical (unpaired) electrons. The Morgan fingerprint density at radius 1 is 0.721 bits per heavy atom. The standard InChI is InChI=1S/C51H61N11O6/c1-31-29-58(33-13-16-56(17-14-33)34-7-9-38-39(23-34)49(66)62(48(38)65)41-10-12-45(63)55-46(41)64)18-19-59(31)35-8-11-44(52-27-35)54-40-24-37(28-53-47(40)68-4)57-15-5-6-36(30-57)60-20-21-61-42(50(60)67)22-32-25-51(2,3)26-43(32)61/h7-9,11,22-24,27-28,31,33,36,41H,5-6,10,12-21,25-26,29-30H2,1-4H3,(H,52,54)(H,55,63,64)/t31-,36+,41?/m0/s1. The molecule has 68 heavy (non-hydrogen) atoms. The maximum absolute atomic E-state index is 13.9. The molecule has 2 N–H and O–H groups in total. The first-order chi connectivity index (χ1) is 32.8. The van der Waals surface area contributed by atoms with Crippen LogP contribution >= 0.6 is 0 Å². The average Bonchev–Trinajstić information content (AvgIpc) is 3.93. The van der Waals surface area contributed by atoms with Crippen LogP contribution < -0.4 is 30.1 Å². The van der Waals surface area contributed by atoms with E-state index in [9.17, 15) is 24.0 Å². The Morgan fingerprint density at radius 3 is 2.26 bits per heavy atom. The molecule has 356 valence electrons. The molecule has 0 saturated carbocycles. The van der Waals surface area contributed by atoms with E-state index in [1.54, 1.807) is 19.2 Å². The number of anilines is 5. The second-order valence-electron chi connectivity index (χ2n) is 20.6. The molecule has 1 aromatic carbocycles. The lowest BCUT2D eigenvalue weighted by molar-refractivity contribution is -0.136. The molecule has 3 aromatic heterocycles. The van der Waals surface area contributed by atoms with Crippen molar-refractivity contribution < 1.29 is 28.7 Å². The number of methoxy groups -OCH3 is 1. The Hall–Kier alpha value is -6.49. The van der Waals surface area contributed by atoms with Crippen molar-refractivity contribution in [3.63, 3.8) is 0 Å². The summed E-state index contributed by atoms with van der Waals surface area (Å²) in [5, 5.41) is 5.74. The van der Waals surface area contributed by atoms with Crippen LogP contribution in [0.15, 0.2) is 54.9 Å². The zero-order valence-electron chi connectivity index (χ0n) is 39.5. The highest BCUT2D eigenvalue weighted by molar-refractivity contribution is 6.23. The van der Waals surface area contributed by atoms with E-state index in [0.717, 1.165) is 131 Å².